The second-order valence-corrected chi connectivity index (χ2v) is 5.63. The third kappa shape index (κ3) is 2.43. The van der Waals surface area contributed by atoms with Gasteiger partial charge in [0.15, 0.2) is 0 Å². The molecule has 2 rings (SSSR count). The van der Waals surface area contributed by atoms with Crippen molar-refractivity contribution in [2.24, 2.45) is 5.41 Å². The highest BCUT2D eigenvalue weighted by Crippen LogP contribution is 2.44. The third-order valence-electron chi connectivity index (χ3n) is 4.09. The number of rotatable bonds is 4. The summed E-state index contributed by atoms with van der Waals surface area (Å²) in [4.78, 5) is 16.0. The van der Waals surface area contributed by atoms with Gasteiger partial charge in [0.1, 0.15) is 11.4 Å². The molecule has 1 heterocycles. The lowest BCUT2D eigenvalue weighted by Gasteiger charge is -2.51. The van der Waals surface area contributed by atoms with E-state index in [-0.39, 0.29) is 17.6 Å². The molecule has 6 nitrogen and oxygen atoms in total. The van der Waals surface area contributed by atoms with E-state index in [1.165, 1.54) is 13.3 Å². The fraction of sp³-hybridized carbons (Fsp3) is 0.571. The lowest BCUT2D eigenvalue weighted by Crippen LogP contribution is -2.57. The first-order valence-corrected chi connectivity index (χ1v) is 6.53. The number of nitrogens with one attached hydrogen (secondary N) is 1. The number of nitrogens with two attached hydrogens (primary N) is 1. The minimum absolute atomic E-state index is 0.0226. The standard InChI is InChI=1S/C14H21N3O3/c1-14(2)10(6-11(14)19-3)17-12-9(13(18)20-4)5-8(15)7-16-12/h5,7,10-11H,6,15H2,1-4H3,(H,16,17). The molecule has 0 aliphatic heterocycles. The zero-order valence-electron chi connectivity index (χ0n) is 12.3. The van der Waals surface area contributed by atoms with Crippen LogP contribution in [0.5, 0.6) is 0 Å². The van der Waals surface area contributed by atoms with Crippen LogP contribution in [0.15, 0.2) is 12.3 Å². The second-order valence-electron chi connectivity index (χ2n) is 5.63. The summed E-state index contributed by atoms with van der Waals surface area (Å²) in [5.74, 6) is 0.0476. The van der Waals surface area contributed by atoms with Gasteiger partial charge >= 0.3 is 5.97 Å². The lowest BCUT2D eigenvalue weighted by molar-refractivity contribution is -0.0795. The van der Waals surface area contributed by atoms with Crippen molar-refractivity contribution >= 4 is 17.5 Å². The van der Waals surface area contributed by atoms with Gasteiger partial charge in [0.25, 0.3) is 0 Å². The van der Waals surface area contributed by atoms with E-state index in [1.54, 1.807) is 13.2 Å². The number of carbonyl (C=O) groups excluding carboxylic acids is 1. The molecule has 3 N–H and O–H groups in total. The Morgan fingerprint density at radius 1 is 1.50 bits per heavy atom. The summed E-state index contributed by atoms with van der Waals surface area (Å²) < 4.78 is 10.2. The molecule has 0 saturated heterocycles. The number of nitrogen functional groups attached to an aromatic ring is 1. The van der Waals surface area contributed by atoms with Crippen molar-refractivity contribution in [3.05, 3.63) is 17.8 Å². The quantitative estimate of drug-likeness (QED) is 0.815. The van der Waals surface area contributed by atoms with Crippen LogP contribution < -0.4 is 11.1 Å². The Morgan fingerprint density at radius 2 is 2.20 bits per heavy atom. The molecule has 1 fully saturated rings. The summed E-state index contributed by atoms with van der Waals surface area (Å²) >= 11 is 0. The zero-order chi connectivity index (χ0) is 14.9. The van der Waals surface area contributed by atoms with Gasteiger partial charge in [-0.25, -0.2) is 9.78 Å². The molecular weight excluding hydrogens is 258 g/mol. The molecule has 1 aliphatic rings. The van der Waals surface area contributed by atoms with E-state index in [4.69, 9.17) is 15.2 Å². The van der Waals surface area contributed by atoms with Gasteiger partial charge in [-0.1, -0.05) is 13.8 Å². The molecule has 2 unspecified atom stereocenters. The summed E-state index contributed by atoms with van der Waals surface area (Å²) in [5, 5.41) is 3.30. The molecule has 110 valence electrons. The molecule has 0 spiro atoms. The monoisotopic (exact) mass is 279 g/mol. The number of nitrogens with zero attached hydrogens (tertiary/aromatic N) is 1. The normalized spacial score (nSPS) is 23.8. The Kier molecular flexibility index (Phi) is 3.85. The van der Waals surface area contributed by atoms with Gasteiger partial charge in [0, 0.05) is 18.6 Å². The van der Waals surface area contributed by atoms with Gasteiger partial charge in [-0.3, -0.25) is 0 Å². The smallest absolute Gasteiger partial charge is 0.341 e. The molecule has 1 aliphatic carbocycles. The highest BCUT2D eigenvalue weighted by atomic mass is 16.5. The van der Waals surface area contributed by atoms with Crippen molar-refractivity contribution in [2.45, 2.75) is 32.4 Å². The summed E-state index contributed by atoms with van der Waals surface area (Å²) in [6.45, 7) is 4.24. The molecule has 1 aromatic rings. The SMILES string of the molecule is COC(=O)c1cc(N)cnc1NC1CC(OC)C1(C)C. The number of pyridine rings is 1. The van der Waals surface area contributed by atoms with Crippen LogP contribution in [-0.2, 0) is 9.47 Å². The van der Waals surface area contributed by atoms with E-state index in [9.17, 15) is 4.79 Å². The van der Waals surface area contributed by atoms with Gasteiger partial charge in [-0.2, -0.15) is 0 Å². The topological polar surface area (TPSA) is 86.5 Å². The number of esters is 1. The number of hydrogen-bond acceptors (Lipinski definition) is 6. The van der Waals surface area contributed by atoms with E-state index >= 15 is 0 Å². The van der Waals surface area contributed by atoms with Crippen molar-refractivity contribution in [3.8, 4) is 0 Å². The first kappa shape index (κ1) is 14.6. The molecule has 1 aromatic heterocycles. The summed E-state index contributed by atoms with van der Waals surface area (Å²) in [7, 11) is 3.05. The minimum atomic E-state index is -0.451. The van der Waals surface area contributed by atoms with E-state index < -0.39 is 5.97 Å². The number of hydrogen-bond donors (Lipinski definition) is 2. The summed E-state index contributed by atoms with van der Waals surface area (Å²) in [6, 6.07) is 1.76. The van der Waals surface area contributed by atoms with E-state index in [1.807, 2.05) is 0 Å². The number of methoxy groups -OCH3 is 2. The molecule has 20 heavy (non-hydrogen) atoms. The van der Waals surface area contributed by atoms with Gasteiger partial charge in [-0.05, 0) is 12.5 Å². The zero-order valence-corrected chi connectivity index (χ0v) is 12.3. The van der Waals surface area contributed by atoms with Crippen LogP contribution in [0, 0.1) is 5.41 Å². The number of aromatic nitrogens is 1. The summed E-state index contributed by atoms with van der Waals surface area (Å²) in [5.41, 5.74) is 6.43. The molecule has 0 amide bonds. The molecule has 0 radical (unpaired) electrons. The van der Waals surface area contributed by atoms with Crippen LogP contribution in [0.3, 0.4) is 0 Å². The molecule has 1 saturated carbocycles. The lowest BCUT2D eigenvalue weighted by atomic mass is 9.64. The molecule has 2 atom stereocenters. The van der Waals surface area contributed by atoms with Crippen molar-refractivity contribution in [1.29, 1.82) is 0 Å². The van der Waals surface area contributed by atoms with Gasteiger partial charge < -0.3 is 20.5 Å². The largest absolute Gasteiger partial charge is 0.465 e. The predicted molar refractivity (Wildman–Crippen MR) is 76.6 cm³/mol. The van der Waals surface area contributed by atoms with Crippen molar-refractivity contribution < 1.29 is 14.3 Å². The fourth-order valence-corrected chi connectivity index (χ4v) is 2.56. The Balaban J connectivity index is 2.20. The van der Waals surface area contributed by atoms with Crippen molar-refractivity contribution in [3.63, 3.8) is 0 Å². The maximum Gasteiger partial charge on any atom is 0.341 e. The van der Waals surface area contributed by atoms with Crippen LogP contribution in [0.1, 0.15) is 30.6 Å². The maximum absolute atomic E-state index is 11.8. The van der Waals surface area contributed by atoms with E-state index in [2.05, 4.69) is 24.1 Å². The van der Waals surface area contributed by atoms with Crippen LogP contribution in [0.4, 0.5) is 11.5 Å². The van der Waals surface area contributed by atoms with Gasteiger partial charge in [0.05, 0.1) is 25.1 Å². The van der Waals surface area contributed by atoms with Crippen LogP contribution in [0.2, 0.25) is 0 Å². The van der Waals surface area contributed by atoms with Crippen molar-refractivity contribution in [1.82, 2.24) is 4.98 Å². The maximum atomic E-state index is 11.8. The highest BCUT2D eigenvalue weighted by Gasteiger charge is 2.49. The number of ether oxygens (including phenoxy) is 2. The second kappa shape index (κ2) is 5.28. The van der Waals surface area contributed by atoms with Gasteiger partial charge in [0.2, 0.25) is 0 Å². The Morgan fingerprint density at radius 3 is 2.75 bits per heavy atom. The highest BCUT2D eigenvalue weighted by molar-refractivity contribution is 5.95. The van der Waals surface area contributed by atoms with Crippen LogP contribution in [-0.4, -0.2) is 37.3 Å². The third-order valence-corrected chi connectivity index (χ3v) is 4.09. The van der Waals surface area contributed by atoms with E-state index in [0.29, 0.717) is 17.1 Å². The average molecular weight is 279 g/mol. The van der Waals surface area contributed by atoms with Crippen LogP contribution >= 0.6 is 0 Å². The van der Waals surface area contributed by atoms with Crippen LogP contribution in [0.25, 0.3) is 0 Å². The molecule has 0 aromatic carbocycles. The molecule has 6 heteroatoms. The number of anilines is 2. The predicted octanol–water partition coefficient (Wildman–Crippen LogP) is 1.68. The Hall–Kier alpha value is -1.82. The molecular formula is C14H21N3O3. The van der Waals surface area contributed by atoms with E-state index in [0.717, 1.165) is 6.42 Å². The number of carbonyl (C=O) groups is 1. The first-order chi connectivity index (χ1) is 9.40. The first-order valence-electron chi connectivity index (χ1n) is 6.53. The fourth-order valence-electron chi connectivity index (χ4n) is 2.56. The minimum Gasteiger partial charge on any atom is -0.465 e. The van der Waals surface area contributed by atoms with Crippen molar-refractivity contribution in [2.75, 3.05) is 25.3 Å². The Labute approximate surface area is 118 Å². The Bertz CT molecular complexity index is 516. The molecule has 0 bridgehead atoms. The van der Waals surface area contributed by atoms with Gasteiger partial charge in [-0.15, -0.1) is 0 Å². The average Bonchev–Trinajstić information content (AvgIpc) is 2.43. The summed E-state index contributed by atoms with van der Waals surface area (Å²) in [6.07, 6.45) is 2.60.